The van der Waals surface area contributed by atoms with Gasteiger partial charge in [-0.3, -0.25) is 0 Å². The first kappa shape index (κ1) is 8.04. The minimum Gasteiger partial charge on any atom is -0.336 e. The van der Waals surface area contributed by atoms with Crippen LogP contribution in [0.2, 0.25) is 0 Å². The maximum absolute atomic E-state index is 4.37. The number of pyridine rings is 1. The van der Waals surface area contributed by atoms with E-state index in [9.17, 15) is 0 Å². The highest BCUT2D eigenvalue weighted by Gasteiger charge is 1.99. The minimum absolute atomic E-state index is 1.02. The Hall–Kier alpha value is -0.580. The molecule has 0 amide bonds. The minimum atomic E-state index is 1.02. The van der Waals surface area contributed by atoms with Crippen molar-refractivity contribution in [2.24, 2.45) is 7.05 Å². The van der Waals surface area contributed by atoms with Crippen molar-refractivity contribution in [1.29, 1.82) is 0 Å². The van der Waals surface area contributed by atoms with Gasteiger partial charge in [-0.1, -0.05) is 22.6 Å². The van der Waals surface area contributed by atoms with Crippen molar-refractivity contribution in [2.75, 3.05) is 0 Å². The predicted molar refractivity (Wildman–Crippen MR) is 58.4 cm³/mol. The molecule has 0 saturated carbocycles. The fourth-order valence-corrected chi connectivity index (χ4v) is 1.69. The highest BCUT2D eigenvalue weighted by molar-refractivity contribution is 14.1. The van der Waals surface area contributed by atoms with Gasteiger partial charge in [0.15, 0.2) is 0 Å². The summed E-state index contributed by atoms with van der Waals surface area (Å²) in [4.78, 5) is 4.37. The molecule has 0 fully saturated rings. The summed E-state index contributed by atoms with van der Waals surface area (Å²) >= 11 is 2.35. The zero-order valence-electron chi connectivity index (χ0n) is 6.79. The van der Waals surface area contributed by atoms with Gasteiger partial charge in [0.05, 0.1) is 0 Å². The molecule has 2 aromatic heterocycles. The zero-order valence-corrected chi connectivity index (χ0v) is 8.95. The Morgan fingerprint density at radius 3 is 3.17 bits per heavy atom. The Bertz CT molecular complexity index is 406. The second kappa shape index (κ2) is 3.05. The van der Waals surface area contributed by atoms with Gasteiger partial charge in [-0.25, -0.2) is 4.98 Å². The third-order valence-electron chi connectivity index (χ3n) is 1.92. The molecule has 2 heterocycles. The van der Waals surface area contributed by atoms with Gasteiger partial charge < -0.3 is 4.57 Å². The molecule has 3 heteroatoms. The molecule has 2 aromatic rings. The monoisotopic (exact) mass is 272 g/mol. The first-order valence-corrected chi connectivity index (χ1v) is 5.30. The summed E-state index contributed by atoms with van der Waals surface area (Å²) in [6.07, 6.45) is 3.98. The van der Waals surface area contributed by atoms with Crippen LogP contribution in [0.1, 0.15) is 5.56 Å². The number of aromatic nitrogens is 2. The molecule has 0 aliphatic carbocycles. The predicted octanol–water partition coefficient (Wildman–Crippen LogP) is 2.51. The Balaban J connectivity index is 2.69. The summed E-state index contributed by atoms with van der Waals surface area (Å²) in [5, 5.41) is 1.23. The van der Waals surface area contributed by atoms with Crippen molar-refractivity contribution in [2.45, 2.75) is 4.43 Å². The molecule has 0 radical (unpaired) electrons. The van der Waals surface area contributed by atoms with Crippen LogP contribution in [0.3, 0.4) is 0 Å². The van der Waals surface area contributed by atoms with Crippen LogP contribution < -0.4 is 0 Å². The smallest absolute Gasteiger partial charge is 0.139 e. The van der Waals surface area contributed by atoms with Crippen molar-refractivity contribution in [3.8, 4) is 0 Å². The van der Waals surface area contributed by atoms with Crippen LogP contribution in [-0.4, -0.2) is 9.55 Å². The van der Waals surface area contributed by atoms with E-state index in [0.29, 0.717) is 0 Å². The maximum Gasteiger partial charge on any atom is 0.139 e. The molecule has 0 aromatic carbocycles. The SMILES string of the molecule is Cn1ccc2cc(CI)cnc21. The number of halogens is 1. The van der Waals surface area contributed by atoms with Gasteiger partial charge in [0.1, 0.15) is 5.65 Å². The third-order valence-corrected chi connectivity index (χ3v) is 2.80. The second-order valence-electron chi connectivity index (χ2n) is 2.82. The average Bonchev–Trinajstić information content (AvgIpc) is 2.47. The Kier molecular flexibility index (Phi) is 2.04. The molecule has 0 bridgehead atoms. The van der Waals surface area contributed by atoms with Gasteiger partial charge in [-0.2, -0.15) is 0 Å². The van der Waals surface area contributed by atoms with Crippen molar-refractivity contribution in [1.82, 2.24) is 9.55 Å². The molecule has 2 rings (SSSR count). The number of aryl methyl sites for hydroxylation is 1. The van der Waals surface area contributed by atoms with Gasteiger partial charge >= 0.3 is 0 Å². The fraction of sp³-hybridized carbons (Fsp3) is 0.222. The summed E-state index contributed by atoms with van der Waals surface area (Å²) in [5.41, 5.74) is 2.35. The number of nitrogens with zero attached hydrogens (tertiary/aromatic N) is 2. The van der Waals surface area contributed by atoms with Crippen molar-refractivity contribution in [3.63, 3.8) is 0 Å². The number of fused-ring (bicyclic) bond motifs is 1. The lowest BCUT2D eigenvalue weighted by molar-refractivity contribution is 0.947. The topological polar surface area (TPSA) is 17.8 Å². The van der Waals surface area contributed by atoms with E-state index in [-0.39, 0.29) is 0 Å². The third kappa shape index (κ3) is 1.22. The Morgan fingerprint density at radius 1 is 1.58 bits per heavy atom. The molecule has 0 spiro atoms. The summed E-state index contributed by atoms with van der Waals surface area (Å²) in [5.74, 6) is 0. The van der Waals surface area contributed by atoms with E-state index in [1.807, 2.05) is 24.0 Å². The van der Waals surface area contributed by atoms with Crippen molar-refractivity contribution >= 4 is 33.6 Å². The summed E-state index contributed by atoms with van der Waals surface area (Å²) in [6, 6.07) is 4.28. The van der Waals surface area contributed by atoms with E-state index in [4.69, 9.17) is 0 Å². The number of hydrogen-bond donors (Lipinski definition) is 0. The maximum atomic E-state index is 4.37. The summed E-state index contributed by atoms with van der Waals surface area (Å²) < 4.78 is 3.06. The lowest BCUT2D eigenvalue weighted by Crippen LogP contribution is -1.88. The molecular weight excluding hydrogens is 263 g/mol. The molecule has 62 valence electrons. The van der Waals surface area contributed by atoms with Crippen LogP contribution in [-0.2, 0) is 11.5 Å². The number of hydrogen-bond acceptors (Lipinski definition) is 1. The van der Waals surface area contributed by atoms with E-state index in [1.165, 1.54) is 10.9 Å². The standard InChI is InChI=1S/C9H9IN2/c1-12-3-2-8-4-7(5-10)6-11-9(8)12/h2-4,6H,5H2,1H3. The van der Waals surface area contributed by atoms with Gasteiger partial charge in [-0.05, 0) is 17.7 Å². The quantitative estimate of drug-likeness (QED) is 0.576. The molecule has 0 saturated heterocycles. The molecule has 0 N–H and O–H groups in total. The van der Waals surface area contributed by atoms with Crippen LogP contribution in [0.4, 0.5) is 0 Å². The number of rotatable bonds is 1. The van der Waals surface area contributed by atoms with Crippen molar-refractivity contribution < 1.29 is 0 Å². The van der Waals surface area contributed by atoms with Crippen molar-refractivity contribution in [3.05, 3.63) is 30.1 Å². The lowest BCUT2D eigenvalue weighted by atomic mass is 10.2. The van der Waals surface area contributed by atoms with Gasteiger partial charge in [-0.15, -0.1) is 0 Å². The molecule has 0 aliphatic heterocycles. The van der Waals surface area contributed by atoms with Crippen LogP contribution in [0.15, 0.2) is 24.5 Å². The Morgan fingerprint density at radius 2 is 2.42 bits per heavy atom. The average molecular weight is 272 g/mol. The molecular formula is C9H9IN2. The highest BCUT2D eigenvalue weighted by Crippen LogP contribution is 2.15. The van der Waals surface area contributed by atoms with Gasteiger partial charge in [0, 0.05) is 29.3 Å². The molecule has 2 nitrogen and oxygen atoms in total. The molecule has 0 aliphatic rings. The lowest BCUT2D eigenvalue weighted by Gasteiger charge is -1.96. The van der Waals surface area contributed by atoms with Crippen LogP contribution >= 0.6 is 22.6 Å². The number of alkyl halides is 1. The Labute approximate surface area is 84.7 Å². The molecule has 12 heavy (non-hydrogen) atoms. The summed E-state index contributed by atoms with van der Waals surface area (Å²) in [6.45, 7) is 0. The van der Waals surface area contributed by atoms with Crippen LogP contribution in [0, 0.1) is 0 Å². The molecule has 0 atom stereocenters. The van der Waals surface area contributed by atoms with Gasteiger partial charge in [0.2, 0.25) is 0 Å². The van der Waals surface area contributed by atoms with E-state index in [2.05, 4.69) is 39.7 Å². The second-order valence-corrected chi connectivity index (χ2v) is 3.58. The van der Waals surface area contributed by atoms with Gasteiger partial charge in [0.25, 0.3) is 0 Å². The fourth-order valence-electron chi connectivity index (χ4n) is 1.27. The van der Waals surface area contributed by atoms with Crippen LogP contribution in [0.25, 0.3) is 11.0 Å². The highest BCUT2D eigenvalue weighted by atomic mass is 127. The summed E-state index contributed by atoms with van der Waals surface area (Å²) in [7, 11) is 2.01. The van der Waals surface area contributed by atoms with E-state index >= 15 is 0 Å². The van der Waals surface area contributed by atoms with E-state index < -0.39 is 0 Å². The van der Waals surface area contributed by atoms with E-state index in [1.54, 1.807) is 0 Å². The normalized spacial score (nSPS) is 10.8. The largest absolute Gasteiger partial charge is 0.336 e. The molecule has 0 unspecified atom stereocenters. The van der Waals surface area contributed by atoms with Crippen LogP contribution in [0.5, 0.6) is 0 Å². The first-order valence-electron chi connectivity index (χ1n) is 3.77. The van der Waals surface area contributed by atoms with E-state index in [0.717, 1.165) is 10.1 Å². The zero-order chi connectivity index (χ0) is 8.55. The first-order chi connectivity index (χ1) is 5.81.